The molecule has 2 nitrogen and oxygen atoms in total. The van der Waals surface area contributed by atoms with Crippen molar-refractivity contribution in [3.8, 4) is 5.75 Å². The number of ether oxygens (including phenoxy) is 1. The molecule has 0 amide bonds. The first-order valence-corrected chi connectivity index (χ1v) is 5.81. The van der Waals surface area contributed by atoms with Gasteiger partial charge in [0.15, 0.2) is 11.6 Å². The first kappa shape index (κ1) is 13.4. The highest BCUT2D eigenvalue weighted by molar-refractivity contribution is 9.10. The SMILES string of the molecule is COc1c(CCCCN)cc(F)c(Br)c1F. The van der Waals surface area contributed by atoms with Gasteiger partial charge >= 0.3 is 0 Å². The minimum Gasteiger partial charge on any atom is -0.493 e. The summed E-state index contributed by atoms with van der Waals surface area (Å²) in [5, 5.41) is 0. The number of aryl methyl sites for hydroxylation is 1. The largest absolute Gasteiger partial charge is 0.493 e. The van der Waals surface area contributed by atoms with Crippen LogP contribution in [0.1, 0.15) is 18.4 Å². The Labute approximate surface area is 102 Å². The van der Waals surface area contributed by atoms with Gasteiger partial charge in [0.05, 0.1) is 11.6 Å². The van der Waals surface area contributed by atoms with Crippen LogP contribution in [0.15, 0.2) is 10.5 Å². The lowest BCUT2D eigenvalue weighted by Gasteiger charge is -2.11. The molecule has 0 aliphatic heterocycles. The Morgan fingerprint density at radius 1 is 1.38 bits per heavy atom. The van der Waals surface area contributed by atoms with Gasteiger partial charge in [-0.2, -0.15) is 0 Å². The van der Waals surface area contributed by atoms with Gasteiger partial charge in [-0.1, -0.05) is 0 Å². The van der Waals surface area contributed by atoms with E-state index in [1.165, 1.54) is 13.2 Å². The molecule has 0 spiro atoms. The average Bonchev–Trinajstić information content (AvgIpc) is 2.27. The van der Waals surface area contributed by atoms with Crippen molar-refractivity contribution in [2.24, 2.45) is 5.73 Å². The molecule has 0 saturated heterocycles. The highest BCUT2D eigenvalue weighted by atomic mass is 79.9. The van der Waals surface area contributed by atoms with E-state index in [0.717, 1.165) is 12.8 Å². The predicted molar refractivity (Wildman–Crippen MR) is 62.6 cm³/mol. The average molecular weight is 294 g/mol. The molecular weight excluding hydrogens is 280 g/mol. The highest BCUT2D eigenvalue weighted by Gasteiger charge is 2.17. The Morgan fingerprint density at radius 3 is 2.62 bits per heavy atom. The first-order chi connectivity index (χ1) is 7.61. The van der Waals surface area contributed by atoms with Crippen LogP contribution in [0.25, 0.3) is 0 Å². The van der Waals surface area contributed by atoms with Crippen LogP contribution < -0.4 is 10.5 Å². The molecule has 16 heavy (non-hydrogen) atoms. The van der Waals surface area contributed by atoms with E-state index >= 15 is 0 Å². The van der Waals surface area contributed by atoms with Crippen molar-refractivity contribution >= 4 is 15.9 Å². The monoisotopic (exact) mass is 293 g/mol. The third kappa shape index (κ3) is 2.92. The molecule has 2 N–H and O–H groups in total. The van der Waals surface area contributed by atoms with Crippen LogP contribution in [-0.4, -0.2) is 13.7 Å². The summed E-state index contributed by atoms with van der Waals surface area (Å²) >= 11 is 2.84. The maximum atomic E-state index is 13.6. The summed E-state index contributed by atoms with van der Waals surface area (Å²) in [5.74, 6) is -1.20. The quantitative estimate of drug-likeness (QED) is 0.669. The molecule has 0 aliphatic carbocycles. The van der Waals surface area contributed by atoms with Crippen molar-refractivity contribution in [1.29, 1.82) is 0 Å². The van der Waals surface area contributed by atoms with Gasteiger partial charge in [0.25, 0.3) is 0 Å². The summed E-state index contributed by atoms with van der Waals surface area (Å²) in [6, 6.07) is 1.29. The Kier molecular flexibility index (Phi) is 5.15. The Hall–Kier alpha value is -0.680. The van der Waals surface area contributed by atoms with Crippen molar-refractivity contribution in [1.82, 2.24) is 0 Å². The highest BCUT2D eigenvalue weighted by Crippen LogP contribution is 2.32. The van der Waals surface area contributed by atoms with Crippen LogP contribution in [-0.2, 0) is 6.42 Å². The van der Waals surface area contributed by atoms with Gasteiger partial charge in [0.2, 0.25) is 0 Å². The standard InChI is InChI=1S/C11H14BrF2NO/c1-16-11-7(4-2-3-5-15)6-8(13)9(12)10(11)14/h6H,2-5,15H2,1H3. The van der Waals surface area contributed by atoms with Crippen molar-refractivity contribution < 1.29 is 13.5 Å². The minimum atomic E-state index is -0.690. The molecule has 1 rings (SSSR count). The van der Waals surface area contributed by atoms with Crippen LogP contribution >= 0.6 is 15.9 Å². The summed E-state index contributed by atoms with van der Waals surface area (Å²) in [6.07, 6.45) is 2.16. The van der Waals surface area contributed by atoms with Crippen molar-refractivity contribution in [3.63, 3.8) is 0 Å². The molecule has 0 heterocycles. The normalized spacial score (nSPS) is 10.6. The number of methoxy groups -OCH3 is 1. The molecule has 0 aliphatic rings. The second kappa shape index (κ2) is 6.15. The number of rotatable bonds is 5. The van der Waals surface area contributed by atoms with Crippen LogP contribution in [0, 0.1) is 11.6 Å². The molecule has 0 bridgehead atoms. The van der Waals surface area contributed by atoms with E-state index in [9.17, 15) is 8.78 Å². The summed E-state index contributed by atoms with van der Waals surface area (Å²) in [6.45, 7) is 0.573. The molecule has 0 saturated carbocycles. The van der Waals surface area contributed by atoms with E-state index in [-0.39, 0.29) is 10.2 Å². The molecule has 0 fully saturated rings. The van der Waals surface area contributed by atoms with Gasteiger partial charge in [-0.25, -0.2) is 8.78 Å². The van der Waals surface area contributed by atoms with E-state index in [1.807, 2.05) is 0 Å². The van der Waals surface area contributed by atoms with Gasteiger partial charge in [-0.15, -0.1) is 0 Å². The molecular formula is C11H14BrF2NO. The summed E-state index contributed by atoms with van der Waals surface area (Å²) in [4.78, 5) is 0. The maximum absolute atomic E-state index is 13.6. The topological polar surface area (TPSA) is 35.2 Å². The van der Waals surface area contributed by atoms with Gasteiger partial charge in [0, 0.05) is 5.56 Å². The third-order valence-electron chi connectivity index (χ3n) is 2.30. The van der Waals surface area contributed by atoms with Crippen molar-refractivity contribution in [2.45, 2.75) is 19.3 Å². The van der Waals surface area contributed by atoms with Crippen LogP contribution in [0.2, 0.25) is 0 Å². The minimum absolute atomic E-state index is 0.102. The lowest BCUT2D eigenvalue weighted by Crippen LogP contribution is -2.02. The molecule has 0 aromatic heterocycles. The number of benzene rings is 1. The second-order valence-electron chi connectivity index (χ2n) is 3.42. The first-order valence-electron chi connectivity index (χ1n) is 5.02. The number of hydrogen-bond donors (Lipinski definition) is 1. The Balaban J connectivity index is 2.98. The van der Waals surface area contributed by atoms with E-state index < -0.39 is 11.6 Å². The van der Waals surface area contributed by atoms with Crippen molar-refractivity contribution in [2.75, 3.05) is 13.7 Å². The van der Waals surface area contributed by atoms with Crippen molar-refractivity contribution in [3.05, 3.63) is 27.7 Å². The lowest BCUT2D eigenvalue weighted by atomic mass is 10.1. The Bertz CT molecular complexity index is 371. The van der Waals surface area contributed by atoms with Crippen LogP contribution in [0.3, 0.4) is 0 Å². The number of nitrogens with two attached hydrogens (primary N) is 1. The Morgan fingerprint density at radius 2 is 2.06 bits per heavy atom. The molecule has 0 radical (unpaired) electrons. The molecule has 1 aromatic carbocycles. The van der Waals surface area contributed by atoms with E-state index in [4.69, 9.17) is 10.5 Å². The summed E-state index contributed by atoms with van der Waals surface area (Å²) in [5.41, 5.74) is 5.90. The fraction of sp³-hybridized carbons (Fsp3) is 0.455. The third-order valence-corrected chi connectivity index (χ3v) is 3.03. The van der Waals surface area contributed by atoms with Crippen LogP contribution in [0.4, 0.5) is 8.78 Å². The second-order valence-corrected chi connectivity index (χ2v) is 4.22. The van der Waals surface area contributed by atoms with Gasteiger partial charge in [-0.3, -0.25) is 0 Å². The molecule has 5 heteroatoms. The van der Waals surface area contributed by atoms with E-state index in [2.05, 4.69) is 15.9 Å². The predicted octanol–water partition coefficient (Wildman–Crippen LogP) is 3.02. The zero-order valence-electron chi connectivity index (χ0n) is 9.03. The van der Waals surface area contributed by atoms with E-state index in [0.29, 0.717) is 18.5 Å². The molecule has 90 valence electrons. The van der Waals surface area contributed by atoms with Gasteiger partial charge < -0.3 is 10.5 Å². The number of hydrogen-bond acceptors (Lipinski definition) is 2. The maximum Gasteiger partial charge on any atom is 0.182 e. The van der Waals surface area contributed by atoms with Gasteiger partial charge in [0.1, 0.15) is 5.82 Å². The van der Waals surface area contributed by atoms with E-state index in [1.54, 1.807) is 0 Å². The molecule has 0 atom stereocenters. The zero-order valence-corrected chi connectivity index (χ0v) is 10.6. The van der Waals surface area contributed by atoms with Crippen LogP contribution in [0.5, 0.6) is 5.75 Å². The van der Waals surface area contributed by atoms with Gasteiger partial charge in [-0.05, 0) is 47.8 Å². The fourth-order valence-electron chi connectivity index (χ4n) is 1.49. The summed E-state index contributed by atoms with van der Waals surface area (Å²) in [7, 11) is 1.37. The zero-order chi connectivity index (χ0) is 12.1. The fourth-order valence-corrected chi connectivity index (χ4v) is 1.79. The molecule has 0 unspecified atom stereocenters. The number of halogens is 3. The summed E-state index contributed by atoms with van der Waals surface area (Å²) < 4.78 is 31.6. The lowest BCUT2D eigenvalue weighted by molar-refractivity contribution is 0.376. The molecule has 1 aromatic rings. The smallest absolute Gasteiger partial charge is 0.182 e. The number of unbranched alkanes of at least 4 members (excludes halogenated alkanes) is 1.